The molecule has 1 unspecified atom stereocenters. The topological polar surface area (TPSA) is 24.1 Å². The molecule has 1 heterocycles. The first-order valence-corrected chi connectivity index (χ1v) is 6.80. The highest BCUT2D eigenvalue weighted by Crippen LogP contribution is 2.39. The van der Waals surface area contributed by atoms with Crippen LogP contribution in [-0.4, -0.2) is 13.1 Å². The quantitative estimate of drug-likeness (QED) is 0.849. The van der Waals surface area contributed by atoms with Crippen LogP contribution >= 0.6 is 0 Å². The van der Waals surface area contributed by atoms with Gasteiger partial charge in [0, 0.05) is 23.3 Å². The van der Waals surface area contributed by atoms with Gasteiger partial charge >= 0.3 is 0 Å². The van der Waals surface area contributed by atoms with Crippen molar-refractivity contribution in [1.82, 2.24) is 5.32 Å². The van der Waals surface area contributed by atoms with Crippen LogP contribution in [0.3, 0.4) is 0 Å². The molecular formula is C16H19FN2. The third-order valence-electron chi connectivity index (χ3n) is 4.10. The highest BCUT2D eigenvalue weighted by Gasteiger charge is 2.32. The zero-order valence-corrected chi connectivity index (χ0v) is 11.2. The lowest BCUT2D eigenvalue weighted by atomic mass is 9.72. The van der Waals surface area contributed by atoms with E-state index in [2.05, 4.69) is 29.7 Å². The fraction of sp³-hybridized carbons (Fsp3) is 0.375. The second-order valence-corrected chi connectivity index (χ2v) is 5.65. The van der Waals surface area contributed by atoms with E-state index in [1.54, 1.807) is 12.1 Å². The van der Waals surface area contributed by atoms with Gasteiger partial charge in [0.15, 0.2) is 0 Å². The Morgan fingerprint density at radius 3 is 2.84 bits per heavy atom. The molecule has 1 aromatic carbocycles. The Morgan fingerprint density at radius 2 is 2.05 bits per heavy atom. The van der Waals surface area contributed by atoms with Gasteiger partial charge in [0.05, 0.1) is 0 Å². The monoisotopic (exact) mass is 258 g/mol. The van der Waals surface area contributed by atoms with Crippen molar-refractivity contribution in [2.24, 2.45) is 5.41 Å². The summed E-state index contributed by atoms with van der Waals surface area (Å²) in [5, 5.41) is 6.82. The summed E-state index contributed by atoms with van der Waals surface area (Å²) in [4.78, 5) is 0. The molecule has 0 bridgehead atoms. The van der Waals surface area contributed by atoms with Gasteiger partial charge in [-0.2, -0.15) is 0 Å². The first-order chi connectivity index (χ1) is 9.16. The third-order valence-corrected chi connectivity index (χ3v) is 4.10. The minimum absolute atomic E-state index is 0.201. The van der Waals surface area contributed by atoms with Crippen molar-refractivity contribution in [2.75, 3.05) is 18.4 Å². The van der Waals surface area contributed by atoms with Crippen molar-refractivity contribution in [3.05, 3.63) is 53.5 Å². The highest BCUT2D eigenvalue weighted by atomic mass is 19.1. The summed E-state index contributed by atoms with van der Waals surface area (Å²) >= 11 is 0. The molecule has 0 saturated carbocycles. The number of allylic oxidation sites excluding steroid dienone is 2. The molecule has 0 aromatic heterocycles. The lowest BCUT2D eigenvalue weighted by molar-refractivity contribution is 0.323. The number of nitrogens with one attached hydrogen (secondary N) is 2. The molecule has 100 valence electrons. The number of benzene rings is 1. The van der Waals surface area contributed by atoms with E-state index in [0.29, 0.717) is 0 Å². The van der Waals surface area contributed by atoms with Gasteiger partial charge in [-0.15, -0.1) is 0 Å². The Morgan fingerprint density at radius 1 is 1.26 bits per heavy atom. The molecule has 1 aromatic rings. The van der Waals surface area contributed by atoms with E-state index in [0.717, 1.165) is 37.3 Å². The number of anilines is 1. The van der Waals surface area contributed by atoms with E-state index in [1.165, 1.54) is 17.7 Å². The van der Waals surface area contributed by atoms with E-state index in [1.807, 2.05) is 0 Å². The first kappa shape index (κ1) is 12.4. The molecule has 0 spiro atoms. The molecule has 1 saturated heterocycles. The molecule has 1 aliphatic heterocycles. The fourth-order valence-corrected chi connectivity index (χ4v) is 2.82. The van der Waals surface area contributed by atoms with Gasteiger partial charge in [0.1, 0.15) is 5.82 Å². The zero-order chi connectivity index (χ0) is 13.3. The summed E-state index contributed by atoms with van der Waals surface area (Å²) in [5.74, 6) is -0.201. The third kappa shape index (κ3) is 2.56. The molecule has 1 fully saturated rings. The Balaban J connectivity index is 1.76. The number of fused-ring (bicyclic) bond motifs is 1. The number of rotatable bonds is 2. The average Bonchev–Trinajstić information content (AvgIpc) is 2.41. The van der Waals surface area contributed by atoms with Crippen LogP contribution in [0.25, 0.3) is 0 Å². The Bertz CT molecular complexity index is 530. The predicted molar refractivity (Wildman–Crippen MR) is 76.4 cm³/mol. The van der Waals surface area contributed by atoms with Crippen LogP contribution in [-0.2, 0) is 0 Å². The summed E-state index contributed by atoms with van der Waals surface area (Å²) in [6.07, 6.45) is 6.65. The van der Waals surface area contributed by atoms with E-state index < -0.39 is 0 Å². The maximum atomic E-state index is 12.9. The Kier molecular flexibility index (Phi) is 3.15. The largest absolute Gasteiger partial charge is 0.356 e. The molecule has 2 N–H and O–H groups in total. The molecule has 0 radical (unpaired) electrons. The van der Waals surface area contributed by atoms with Crippen molar-refractivity contribution in [2.45, 2.75) is 19.8 Å². The zero-order valence-electron chi connectivity index (χ0n) is 11.2. The second-order valence-electron chi connectivity index (χ2n) is 5.65. The van der Waals surface area contributed by atoms with Crippen molar-refractivity contribution >= 4 is 5.69 Å². The van der Waals surface area contributed by atoms with Crippen LogP contribution in [0.4, 0.5) is 10.1 Å². The van der Waals surface area contributed by atoms with Gasteiger partial charge in [-0.1, -0.05) is 18.6 Å². The number of piperidine rings is 1. The maximum absolute atomic E-state index is 12.9. The average molecular weight is 258 g/mol. The lowest BCUT2D eigenvalue weighted by Gasteiger charge is -2.39. The van der Waals surface area contributed by atoms with Crippen molar-refractivity contribution in [3.63, 3.8) is 0 Å². The molecule has 1 aliphatic carbocycles. The van der Waals surface area contributed by atoms with Crippen LogP contribution in [0.2, 0.25) is 0 Å². The summed E-state index contributed by atoms with van der Waals surface area (Å²) in [6, 6.07) is 6.50. The van der Waals surface area contributed by atoms with E-state index in [-0.39, 0.29) is 11.2 Å². The minimum atomic E-state index is -0.201. The van der Waals surface area contributed by atoms with Crippen molar-refractivity contribution in [3.8, 4) is 0 Å². The summed E-state index contributed by atoms with van der Waals surface area (Å²) in [5.41, 5.74) is 3.84. The van der Waals surface area contributed by atoms with Gasteiger partial charge in [0.25, 0.3) is 0 Å². The number of halogens is 1. The second kappa shape index (κ2) is 4.82. The smallest absolute Gasteiger partial charge is 0.123 e. The van der Waals surface area contributed by atoms with Crippen LogP contribution in [0, 0.1) is 11.2 Å². The van der Waals surface area contributed by atoms with E-state index in [4.69, 9.17) is 0 Å². The SMILES string of the molecule is CC12CC=C(Nc3ccc(F)cc3)C=C1CCNC2. The Hall–Kier alpha value is -1.61. The number of hydrogen-bond acceptors (Lipinski definition) is 2. The molecule has 1 atom stereocenters. The summed E-state index contributed by atoms with van der Waals surface area (Å²) < 4.78 is 12.9. The van der Waals surface area contributed by atoms with Gasteiger partial charge in [-0.25, -0.2) is 4.39 Å². The molecule has 3 heteroatoms. The highest BCUT2D eigenvalue weighted by molar-refractivity contribution is 5.52. The van der Waals surface area contributed by atoms with Crippen LogP contribution in [0.1, 0.15) is 19.8 Å². The van der Waals surface area contributed by atoms with Gasteiger partial charge in [-0.05, 0) is 49.7 Å². The molecule has 2 nitrogen and oxygen atoms in total. The molecular weight excluding hydrogens is 239 g/mol. The van der Waals surface area contributed by atoms with Crippen LogP contribution in [0.5, 0.6) is 0 Å². The summed E-state index contributed by atoms with van der Waals surface area (Å²) in [7, 11) is 0. The minimum Gasteiger partial charge on any atom is -0.356 e. The predicted octanol–water partition coefficient (Wildman–Crippen LogP) is 3.45. The molecule has 0 amide bonds. The molecule has 19 heavy (non-hydrogen) atoms. The molecule has 2 aliphatic rings. The van der Waals surface area contributed by atoms with Gasteiger partial charge in [-0.3, -0.25) is 0 Å². The van der Waals surface area contributed by atoms with Crippen LogP contribution in [0.15, 0.2) is 47.7 Å². The van der Waals surface area contributed by atoms with E-state index >= 15 is 0 Å². The normalized spacial score (nSPS) is 26.2. The number of hydrogen-bond donors (Lipinski definition) is 2. The van der Waals surface area contributed by atoms with Crippen molar-refractivity contribution < 1.29 is 4.39 Å². The lowest BCUT2D eigenvalue weighted by Crippen LogP contribution is -2.40. The standard InChI is InChI=1S/C16H19FN2/c1-16-8-6-15(10-12(16)7-9-18-11-16)19-14-4-2-13(17)3-5-14/h2-6,10,18-19H,7-9,11H2,1H3. The first-order valence-electron chi connectivity index (χ1n) is 6.80. The van der Waals surface area contributed by atoms with Gasteiger partial charge in [0.2, 0.25) is 0 Å². The van der Waals surface area contributed by atoms with Gasteiger partial charge < -0.3 is 10.6 Å². The van der Waals surface area contributed by atoms with E-state index in [9.17, 15) is 4.39 Å². The maximum Gasteiger partial charge on any atom is 0.123 e. The molecule has 3 rings (SSSR count). The van der Waals surface area contributed by atoms with Crippen molar-refractivity contribution in [1.29, 1.82) is 0 Å². The summed E-state index contributed by atoms with van der Waals surface area (Å²) in [6.45, 7) is 4.43. The van der Waals surface area contributed by atoms with Crippen LogP contribution < -0.4 is 10.6 Å². The Labute approximate surface area is 113 Å². The fourth-order valence-electron chi connectivity index (χ4n) is 2.82.